The van der Waals surface area contributed by atoms with Gasteiger partial charge in [0.05, 0.1) is 33.7 Å². The number of nitrogens with zero attached hydrogens (tertiary/aromatic N) is 2. The van der Waals surface area contributed by atoms with Crippen molar-refractivity contribution in [3.05, 3.63) is 127 Å². The van der Waals surface area contributed by atoms with Crippen LogP contribution in [0, 0.1) is 0 Å². The van der Waals surface area contributed by atoms with Gasteiger partial charge in [-0.2, -0.15) is 0 Å². The highest BCUT2D eigenvalue weighted by atomic mass is 32.2. The summed E-state index contributed by atoms with van der Waals surface area (Å²) in [5.41, 5.74) is 0.299. The number of hydrogen-bond donors (Lipinski definition) is 3. The van der Waals surface area contributed by atoms with Crippen molar-refractivity contribution in [3.63, 3.8) is 0 Å². The van der Waals surface area contributed by atoms with E-state index in [2.05, 4.69) is 0 Å². The van der Waals surface area contributed by atoms with E-state index >= 15 is 0 Å². The molecular formula is C37H28N2O12S2. The molecule has 3 N–H and O–H groups in total. The average molecular weight is 757 g/mol. The number of rotatable bonds is 14. The second-order valence-corrected chi connectivity index (χ2v) is 15.1. The van der Waals surface area contributed by atoms with E-state index in [0.717, 1.165) is 12.1 Å². The Morgan fingerprint density at radius 2 is 1.08 bits per heavy atom. The lowest BCUT2D eigenvalue weighted by molar-refractivity contribution is -0.136. The van der Waals surface area contributed by atoms with E-state index in [1.54, 1.807) is 24.3 Å². The molecule has 2 heterocycles. The normalized spacial score (nSPS) is 11.8. The molecule has 0 spiro atoms. The molecular weight excluding hydrogens is 729 g/mol. The van der Waals surface area contributed by atoms with E-state index in [0.29, 0.717) is 37.3 Å². The van der Waals surface area contributed by atoms with Gasteiger partial charge in [0, 0.05) is 33.5 Å². The third-order valence-electron chi connectivity index (χ3n) is 8.00. The number of carboxylic acid groups (broad SMARTS) is 3. The molecule has 0 saturated heterocycles. The van der Waals surface area contributed by atoms with E-state index < -0.39 is 51.0 Å². The molecule has 6 rings (SSSR count). The summed E-state index contributed by atoms with van der Waals surface area (Å²) in [5.74, 6) is -3.64. The van der Waals surface area contributed by atoms with E-state index in [1.807, 2.05) is 0 Å². The fraction of sp³-hybridized carbons (Fsp3) is 0.0541. The van der Waals surface area contributed by atoms with Crippen LogP contribution in [0.3, 0.4) is 0 Å². The van der Waals surface area contributed by atoms with Crippen molar-refractivity contribution < 1.29 is 55.4 Å². The molecule has 0 fully saturated rings. The highest BCUT2D eigenvalue weighted by Gasteiger charge is 2.34. The van der Waals surface area contributed by atoms with Crippen LogP contribution in [-0.4, -0.2) is 63.2 Å². The van der Waals surface area contributed by atoms with E-state index in [9.17, 15) is 46.5 Å². The van der Waals surface area contributed by atoms with E-state index in [4.69, 9.17) is 8.83 Å². The van der Waals surface area contributed by atoms with Crippen LogP contribution < -0.4 is 8.61 Å². The Hall–Kier alpha value is -6.65. The second-order valence-electron chi connectivity index (χ2n) is 11.4. The van der Waals surface area contributed by atoms with Crippen molar-refractivity contribution in [3.8, 4) is 22.6 Å². The fourth-order valence-corrected chi connectivity index (χ4v) is 8.57. The molecule has 6 aromatic rings. The van der Waals surface area contributed by atoms with Crippen LogP contribution >= 0.6 is 0 Å². The highest BCUT2D eigenvalue weighted by molar-refractivity contribution is 7.93. The number of anilines is 2. The molecule has 2 aromatic heterocycles. The SMILES string of the molecule is O=C(O)/C=C\c1cc(N(CC(=O)O)S(=O)(=O)c2ccc(-c3ccco3)cc2)c2ccccc2c1N(CC(=O)O)S(=O)(=O)c1ccc(-c2ccco2)cc1. The molecule has 0 aliphatic rings. The molecule has 0 atom stereocenters. The molecule has 0 amide bonds. The Morgan fingerprint density at radius 1 is 0.604 bits per heavy atom. The van der Waals surface area contributed by atoms with Crippen LogP contribution in [0.5, 0.6) is 0 Å². The second kappa shape index (κ2) is 14.5. The van der Waals surface area contributed by atoms with Crippen molar-refractivity contribution in [2.75, 3.05) is 21.7 Å². The molecule has 4 aromatic carbocycles. The summed E-state index contributed by atoms with van der Waals surface area (Å²) in [6.45, 7) is -2.22. The lowest BCUT2D eigenvalue weighted by atomic mass is 10.0. The average Bonchev–Trinajstić information content (AvgIpc) is 3.88. The molecule has 16 heteroatoms. The van der Waals surface area contributed by atoms with Crippen LogP contribution in [0.2, 0.25) is 0 Å². The van der Waals surface area contributed by atoms with Gasteiger partial charge in [0.2, 0.25) is 0 Å². The Bertz CT molecular complexity index is 2560. The number of furan rings is 2. The van der Waals surface area contributed by atoms with E-state index in [-0.39, 0.29) is 37.5 Å². The number of hydrogen-bond acceptors (Lipinski definition) is 9. The highest BCUT2D eigenvalue weighted by Crippen LogP contribution is 2.42. The minimum atomic E-state index is -4.73. The van der Waals surface area contributed by atoms with Crippen LogP contribution in [0.4, 0.5) is 11.4 Å². The standard InChI is InChI=1S/C37H28N2O12S2/c40-34(41)18-13-26-21-31(38(22-35(42)43)52(46,47)27-14-9-24(10-15-27)32-7-3-19-50-32)29-5-1-2-6-30(29)37(26)39(23-36(44)45)53(48,49)28-16-11-25(12-17-28)33-8-4-20-51-33/h1-21H,22-23H2,(H,40,41)(H,42,43)(H,44,45)/b18-13-. The summed E-state index contributed by atoms with van der Waals surface area (Å²) >= 11 is 0. The summed E-state index contributed by atoms with van der Waals surface area (Å²) < 4.78 is 69.1. The summed E-state index contributed by atoms with van der Waals surface area (Å²) in [6.07, 6.45) is 4.52. The molecule has 0 bridgehead atoms. The molecule has 53 heavy (non-hydrogen) atoms. The minimum Gasteiger partial charge on any atom is -0.480 e. The maximum Gasteiger partial charge on any atom is 0.328 e. The van der Waals surface area contributed by atoms with Crippen LogP contribution in [-0.2, 0) is 34.4 Å². The van der Waals surface area contributed by atoms with Gasteiger partial charge >= 0.3 is 17.9 Å². The van der Waals surface area contributed by atoms with Gasteiger partial charge in [0.1, 0.15) is 24.6 Å². The Kier molecular flexibility index (Phi) is 9.91. The first-order valence-electron chi connectivity index (χ1n) is 15.5. The maximum absolute atomic E-state index is 14.3. The van der Waals surface area contributed by atoms with Gasteiger partial charge in [-0.25, -0.2) is 21.6 Å². The zero-order valence-electron chi connectivity index (χ0n) is 27.3. The Morgan fingerprint density at radius 3 is 1.53 bits per heavy atom. The summed E-state index contributed by atoms with van der Waals surface area (Å²) in [5, 5.41) is 29.5. The van der Waals surface area contributed by atoms with Crippen molar-refractivity contribution in [2.45, 2.75) is 9.79 Å². The first-order chi connectivity index (χ1) is 25.3. The van der Waals surface area contributed by atoms with Crippen molar-refractivity contribution >= 4 is 66.2 Å². The Balaban J connectivity index is 1.57. The lowest BCUT2D eigenvalue weighted by Gasteiger charge is -2.30. The summed E-state index contributed by atoms with van der Waals surface area (Å²) in [6, 6.07) is 24.4. The third kappa shape index (κ3) is 7.40. The molecule has 0 radical (unpaired) electrons. The number of carbonyl (C=O) groups is 3. The predicted molar refractivity (Wildman–Crippen MR) is 193 cm³/mol. The number of fused-ring (bicyclic) bond motifs is 1. The molecule has 270 valence electrons. The van der Waals surface area contributed by atoms with Crippen LogP contribution in [0.25, 0.3) is 39.5 Å². The smallest absolute Gasteiger partial charge is 0.328 e. The fourth-order valence-electron chi connectivity index (χ4n) is 5.69. The van der Waals surface area contributed by atoms with Gasteiger partial charge in [0.15, 0.2) is 0 Å². The maximum atomic E-state index is 14.3. The van der Waals surface area contributed by atoms with Crippen LogP contribution in [0.1, 0.15) is 5.56 Å². The van der Waals surface area contributed by atoms with Crippen LogP contribution in [0.15, 0.2) is 140 Å². The molecule has 0 unspecified atom stereocenters. The number of benzene rings is 4. The van der Waals surface area contributed by atoms with Gasteiger partial charge in [0.25, 0.3) is 20.0 Å². The van der Waals surface area contributed by atoms with Crippen molar-refractivity contribution in [2.24, 2.45) is 0 Å². The van der Waals surface area contributed by atoms with Gasteiger partial charge in [-0.15, -0.1) is 0 Å². The molecule has 0 aliphatic heterocycles. The van der Waals surface area contributed by atoms with Gasteiger partial charge in [-0.1, -0.05) is 24.3 Å². The monoisotopic (exact) mass is 756 g/mol. The number of sulfonamides is 2. The van der Waals surface area contributed by atoms with E-state index in [1.165, 1.54) is 85.3 Å². The Labute approximate surface area is 302 Å². The zero-order valence-corrected chi connectivity index (χ0v) is 28.9. The first kappa shape index (κ1) is 36.2. The zero-order chi connectivity index (χ0) is 37.9. The molecule has 0 saturated carbocycles. The van der Waals surface area contributed by atoms with Gasteiger partial charge < -0.3 is 24.2 Å². The first-order valence-corrected chi connectivity index (χ1v) is 18.4. The topological polar surface area (TPSA) is 213 Å². The van der Waals surface area contributed by atoms with Gasteiger partial charge in [-0.05, 0) is 84.9 Å². The quantitative estimate of drug-likeness (QED) is 0.109. The van der Waals surface area contributed by atoms with Crippen molar-refractivity contribution in [1.29, 1.82) is 0 Å². The molecule has 0 aliphatic carbocycles. The summed E-state index contributed by atoms with van der Waals surface area (Å²) in [7, 11) is -9.40. The third-order valence-corrected chi connectivity index (χ3v) is 11.5. The summed E-state index contributed by atoms with van der Waals surface area (Å²) in [4.78, 5) is 35.6. The van der Waals surface area contributed by atoms with Crippen molar-refractivity contribution in [1.82, 2.24) is 0 Å². The predicted octanol–water partition coefficient (Wildman–Crippen LogP) is 6.02. The number of carboxylic acids is 3. The minimum absolute atomic E-state index is 0.0192. The van der Waals surface area contributed by atoms with Gasteiger partial charge in [-0.3, -0.25) is 18.2 Å². The largest absolute Gasteiger partial charge is 0.480 e. The molecule has 14 nitrogen and oxygen atoms in total. The number of aliphatic carboxylic acids is 3. The lowest BCUT2D eigenvalue weighted by Crippen LogP contribution is -2.37.